The van der Waals surface area contributed by atoms with Crippen LogP contribution < -0.4 is 5.32 Å². The van der Waals surface area contributed by atoms with Crippen molar-refractivity contribution in [3.63, 3.8) is 0 Å². The van der Waals surface area contributed by atoms with Crippen LogP contribution in [0, 0.1) is 6.92 Å². The molecule has 2 rings (SSSR count). The molecule has 1 fully saturated rings. The van der Waals surface area contributed by atoms with Crippen molar-refractivity contribution >= 4 is 29.1 Å². The summed E-state index contributed by atoms with van der Waals surface area (Å²) in [5, 5.41) is 4.59. The van der Waals surface area contributed by atoms with Gasteiger partial charge in [-0.1, -0.05) is 37.0 Å². The molecular formula is C11H18N2S2. The Balaban J connectivity index is 1.95. The molecule has 2 nitrogen and oxygen atoms in total. The summed E-state index contributed by atoms with van der Waals surface area (Å²) in [6.07, 6.45) is 8.09. The largest absolute Gasteiger partial charge is 0.359 e. The molecule has 0 saturated heterocycles. The van der Waals surface area contributed by atoms with E-state index >= 15 is 0 Å². The fourth-order valence-corrected chi connectivity index (χ4v) is 3.14. The van der Waals surface area contributed by atoms with Crippen LogP contribution in [0.1, 0.15) is 44.2 Å². The molecule has 4 heteroatoms. The first-order valence-corrected chi connectivity index (χ1v) is 6.95. The van der Waals surface area contributed by atoms with E-state index in [1.54, 1.807) is 11.3 Å². The average molecular weight is 242 g/mol. The van der Waals surface area contributed by atoms with Crippen molar-refractivity contribution in [3.05, 3.63) is 5.69 Å². The van der Waals surface area contributed by atoms with Gasteiger partial charge < -0.3 is 5.32 Å². The number of thiol groups is 1. The van der Waals surface area contributed by atoms with Crippen molar-refractivity contribution in [2.45, 2.75) is 55.7 Å². The summed E-state index contributed by atoms with van der Waals surface area (Å²) in [5.74, 6) is 0. The predicted molar refractivity (Wildman–Crippen MR) is 69.2 cm³/mol. The molecule has 84 valence electrons. The molecular weight excluding hydrogens is 224 g/mol. The topological polar surface area (TPSA) is 24.9 Å². The van der Waals surface area contributed by atoms with Crippen LogP contribution in [0.2, 0.25) is 0 Å². The predicted octanol–water partition coefficient (Wildman–Crippen LogP) is 3.87. The maximum atomic E-state index is 4.47. The van der Waals surface area contributed by atoms with Gasteiger partial charge in [0.05, 0.1) is 9.90 Å². The molecule has 0 bridgehead atoms. The number of hydrogen-bond donors (Lipinski definition) is 2. The van der Waals surface area contributed by atoms with Crippen LogP contribution in [-0.4, -0.2) is 11.0 Å². The summed E-state index contributed by atoms with van der Waals surface area (Å²) in [4.78, 5) is 4.47. The standard InChI is InChI=1S/C11H18N2S2/c1-8-10(14)15-11(12-8)13-9-6-4-2-3-5-7-9/h9,14H,2-7H2,1H3,(H,12,13). The number of nitrogens with one attached hydrogen (secondary N) is 1. The van der Waals surface area contributed by atoms with Gasteiger partial charge in [0.1, 0.15) is 0 Å². The second-order valence-electron chi connectivity index (χ2n) is 4.24. The van der Waals surface area contributed by atoms with E-state index in [0.29, 0.717) is 6.04 Å². The first-order chi connectivity index (χ1) is 7.25. The summed E-state index contributed by atoms with van der Waals surface area (Å²) in [5.41, 5.74) is 1.04. The Morgan fingerprint density at radius 1 is 1.27 bits per heavy atom. The first-order valence-electron chi connectivity index (χ1n) is 5.68. The van der Waals surface area contributed by atoms with Crippen LogP contribution in [0.4, 0.5) is 5.13 Å². The van der Waals surface area contributed by atoms with Gasteiger partial charge in [0.2, 0.25) is 0 Å². The van der Waals surface area contributed by atoms with Crippen molar-refractivity contribution in [1.82, 2.24) is 4.98 Å². The van der Waals surface area contributed by atoms with E-state index in [2.05, 4.69) is 22.9 Å². The van der Waals surface area contributed by atoms with Crippen LogP contribution in [0.5, 0.6) is 0 Å². The molecule has 15 heavy (non-hydrogen) atoms. The lowest BCUT2D eigenvalue weighted by Crippen LogP contribution is -2.17. The number of anilines is 1. The molecule has 0 amide bonds. The van der Waals surface area contributed by atoms with Gasteiger partial charge in [-0.05, 0) is 19.8 Å². The molecule has 0 unspecified atom stereocenters. The monoisotopic (exact) mass is 242 g/mol. The lowest BCUT2D eigenvalue weighted by molar-refractivity contribution is 0.619. The Bertz CT molecular complexity index is 295. The van der Waals surface area contributed by atoms with Crippen molar-refractivity contribution < 1.29 is 0 Å². The smallest absolute Gasteiger partial charge is 0.184 e. The molecule has 0 aliphatic heterocycles. The van der Waals surface area contributed by atoms with Crippen molar-refractivity contribution in [2.24, 2.45) is 0 Å². The average Bonchev–Trinajstić information content (AvgIpc) is 2.45. The normalized spacial score (nSPS) is 18.8. The Morgan fingerprint density at radius 2 is 1.93 bits per heavy atom. The van der Waals surface area contributed by atoms with E-state index in [1.165, 1.54) is 38.5 Å². The molecule has 0 spiro atoms. The Kier molecular flexibility index (Phi) is 3.92. The van der Waals surface area contributed by atoms with Crippen molar-refractivity contribution in [2.75, 3.05) is 5.32 Å². The SMILES string of the molecule is Cc1nc(NC2CCCCCC2)sc1S. The van der Waals surface area contributed by atoms with E-state index in [9.17, 15) is 0 Å². The Hall–Kier alpha value is -0.220. The molecule has 1 aromatic heterocycles. The fraction of sp³-hybridized carbons (Fsp3) is 0.727. The van der Waals surface area contributed by atoms with Crippen LogP contribution in [0.3, 0.4) is 0 Å². The highest BCUT2D eigenvalue weighted by atomic mass is 32.2. The molecule has 1 aliphatic carbocycles. The van der Waals surface area contributed by atoms with Gasteiger partial charge in [0.25, 0.3) is 0 Å². The van der Waals surface area contributed by atoms with Gasteiger partial charge in [0, 0.05) is 6.04 Å². The Labute approximate surface area is 101 Å². The molecule has 0 atom stereocenters. The highest BCUT2D eigenvalue weighted by Crippen LogP contribution is 2.28. The van der Waals surface area contributed by atoms with Crippen LogP contribution in [-0.2, 0) is 0 Å². The Morgan fingerprint density at radius 3 is 2.47 bits per heavy atom. The molecule has 0 aromatic carbocycles. The summed E-state index contributed by atoms with van der Waals surface area (Å²) >= 11 is 6.03. The van der Waals surface area contributed by atoms with Gasteiger partial charge in [0.15, 0.2) is 5.13 Å². The number of aromatic nitrogens is 1. The first kappa shape index (κ1) is 11.3. The molecule has 1 aliphatic rings. The third kappa shape index (κ3) is 3.11. The number of rotatable bonds is 2. The quantitative estimate of drug-likeness (QED) is 0.608. The number of nitrogens with zero attached hydrogens (tertiary/aromatic N) is 1. The molecule has 1 N–H and O–H groups in total. The van der Waals surface area contributed by atoms with Crippen LogP contribution in [0.25, 0.3) is 0 Å². The fourth-order valence-electron chi connectivity index (χ4n) is 2.05. The lowest BCUT2D eigenvalue weighted by Gasteiger charge is -2.14. The summed E-state index contributed by atoms with van der Waals surface area (Å²) in [6, 6.07) is 0.630. The molecule has 1 aromatic rings. The summed E-state index contributed by atoms with van der Waals surface area (Å²) in [6.45, 7) is 2.01. The van der Waals surface area contributed by atoms with Crippen LogP contribution >= 0.6 is 24.0 Å². The van der Waals surface area contributed by atoms with Gasteiger partial charge in [-0.3, -0.25) is 0 Å². The van der Waals surface area contributed by atoms with Gasteiger partial charge in [-0.15, -0.1) is 12.6 Å². The van der Waals surface area contributed by atoms with Gasteiger partial charge in [-0.25, -0.2) is 4.98 Å². The second kappa shape index (κ2) is 5.21. The minimum absolute atomic E-state index is 0.630. The van der Waals surface area contributed by atoms with E-state index in [-0.39, 0.29) is 0 Å². The minimum atomic E-state index is 0.630. The van der Waals surface area contributed by atoms with Crippen molar-refractivity contribution in [1.29, 1.82) is 0 Å². The number of thiazole rings is 1. The van der Waals surface area contributed by atoms with E-state index in [4.69, 9.17) is 0 Å². The number of aryl methyl sites for hydroxylation is 1. The zero-order valence-electron chi connectivity index (χ0n) is 9.12. The summed E-state index contributed by atoms with van der Waals surface area (Å²) in [7, 11) is 0. The zero-order chi connectivity index (χ0) is 10.7. The zero-order valence-corrected chi connectivity index (χ0v) is 10.8. The van der Waals surface area contributed by atoms with Crippen LogP contribution in [0.15, 0.2) is 4.21 Å². The van der Waals surface area contributed by atoms with Crippen molar-refractivity contribution in [3.8, 4) is 0 Å². The molecule has 0 radical (unpaired) electrons. The third-order valence-corrected chi connectivity index (χ3v) is 4.44. The van der Waals surface area contributed by atoms with Gasteiger partial charge >= 0.3 is 0 Å². The summed E-state index contributed by atoms with van der Waals surface area (Å²) < 4.78 is 1.03. The highest BCUT2D eigenvalue weighted by Gasteiger charge is 2.13. The maximum Gasteiger partial charge on any atom is 0.184 e. The third-order valence-electron chi connectivity index (χ3n) is 2.95. The number of hydrogen-bond acceptors (Lipinski definition) is 4. The minimum Gasteiger partial charge on any atom is -0.359 e. The van der Waals surface area contributed by atoms with E-state index < -0.39 is 0 Å². The molecule has 1 heterocycles. The van der Waals surface area contributed by atoms with E-state index in [1.807, 2.05) is 6.92 Å². The highest BCUT2D eigenvalue weighted by molar-refractivity contribution is 7.83. The molecule has 1 saturated carbocycles. The maximum absolute atomic E-state index is 4.47. The lowest BCUT2D eigenvalue weighted by atomic mass is 10.1. The van der Waals surface area contributed by atoms with E-state index in [0.717, 1.165) is 15.0 Å². The second-order valence-corrected chi connectivity index (χ2v) is 5.99. The van der Waals surface area contributed by atoms with Gasteiger partial charge in [-0.2, -0.15) is 0 Å².